The molecule has 1 fully saturated rings. The minimum atomic E-state index is -1.12. The van der Waals surface area contributed by atoms with Crippen molar-refractivity contribution in [2.45, 2.75) is 51.6 Å². The van der Waals surface area contributed by atoms with Crippen LogP contribution >= 0.6 is 0 Å². The van der Waals surface area contributed by atoms with Crippen molar-refractivity contribution in [3.8, 4) is 11.5 Å². The lowest BCUT2D eigenvalue weighted by Crippen LogP contribution is -2.51. The van der Waals surface area contributed by atoms with Crippen LogP contribution in [0.15, 0.2) is 18.2 Å². The number of carbonyl (C=O) groups is 2. The molecule has 168 valence electrons. The largest absolute Gasteiger partial charge is 0.497 e. The summed E-state index contributed by atoms with van der Waals surface area (Å²) in [5.74, 6) is -1.05. The smallest absolute Gasteiger partial charge is 0.350 e. The van der Waals surface area contributed by atoms with E-state index in [0.717, 1.165) is 12.8 Å². The Morgan fingerprint density at radius 3 is 2.40 bits per heavy atom. The lowest BCUT2D eigenvalue weighted by molar-refractivity contribution is -0.238. The van der Waals surface area contributed by atoms with Gasteiger partial charge in [-0.05, 0) is 25.5 Å². The van der Waals surface area contributed by atoms with Crippen LogP contribution in [0.4, 0.5) is 0 Å². The van der Waals surface area contributed by atoms with E-state index in [-0.39, 0.29) is 23.1 Å². The molecule has 5 atom stereocenters. The van der Waals surface area contributed by atoms with Gasteiger partial charge in [0.05, 0.1) is 14.2 Å². The van der Waals surface area contributed by atoms with Crippen LogP contribution in [0.2, 0.25) is 0 Å². The summed E-state index contributed by atoms with van der Waals surface area (Å²) >= 11 is 0. The standard InChI is InChI=1S/C22H32O8/c1-8-9-16-13(2)18(20(24)30-21(27-6)22(16,3)28-7)29-19(23)15-11-10-14(25-4)12-17(15)26-5/h10-13,16,18,21H,8-9H2,1-7H3/t13-,16+,18+,21+,22-/m1/s1. The molecule has 0 aliphatic carbocycles. The summed E-state index contributed by atoms with van der Waals surface area (Å²) in [6.07, 6.45) is -0.447. The number of esters is 2. The highest BCUT2D eigenvalue weighted by atomic mass is 16.7. The van der Waals surface area contributed by atoms with Crippen LogP contribution in [0.3, 0.4) is 0 Å². The Balaban J connectivity index is 2.38. The van der Waals surface area contributed by atoms with Crippen molar-refractivity contribution in [1.29, 1.82) is 0 Å². The quantitative estimate of drug-likeness (QED) is 0.588. The zero-order valence-electron chi connectivity index (χ0n) is 18.7. The summed E-state index contributed by atoms with van der Waals surface area (Å²) in [7, 11) is 5.97. The van der Waals surface area contributed by atoms with Gasteiger partial charge in [0, 0.05) is 32.1 Å². The van der Waals surface area contributed by atoms with E-state index >= 15 is 0 Å². The Morgan fingerprint density at radius 1 is 1.17 bits per heavy atom. The third kappa shape index (κ3) is 4.54. The van der Waals surface area contributed by atoms with Gasteiger partial charge in [0.25, 0.3) is 0 Å². The van der Waals surface area contributed by atoms with Crippen LogP contribution in [-0.4, -0.2) is 58.4 Å². The van der Waals surface area contributed by atoms with Gasteiger partial charge in [0.2, 0.25) is 12.4 Å². The molecule has 30 heavy (non-hydrogen) atoms. The van der Waals surface area contributed by atoms with E-state index in [1.165, 1.54) is 27.4 Å². The van der Waals surface area contributed by atoms with Gasteiger partial charge in [-0.25, -0.2) is 9.59 Å². The number of cyclic esters (lactones) is 1. The highest BCUT2D eigenvalue weighted by Crippen LogP contribution is 2.41. The number of carbonyl (C=O) groups excluding carboxylic acids is 2. The molecule has 2 rings (SSSR count). The van der Waals surface area contributed by atoms with Gasteiger partial charge in [-0.15, -0.1) is 0 Å². The number of hydrogen-bond donors (Lipinski definition) is 0. The van der Waals surface area contributed by atoms with Crippen LogP contribution in [0.1, 0.15) is 44.0 Å². The number of rotatable bonds is 8. The van der Waals surface area contributed by atoms with E-state index in [1.807, 2.05) is 20.8 Å². The molecule has 0 N–H and O–H groups in total. The van der Waals surface area contributed by atoms with E-state index in [2.05, 4.69) is 0 Å². The van der Waals surface area contributed by atoms with Crippen LogP contribution in [0.25, 0.3) is 0 Å². The van der Waals surface area contributed by atoms with Crippen LogP contribution in [0.5, 0.6) is 11.5 Å². The molecule has 0 aromatic heterocycles. The SMILES string of the molecule is CCC[C@H]1[C@@H](C)[C@H](OC(=O)c2ccc(OC)cc2OC)C(=O)O[C@H](OC)[C@]1(C)OC. The van der Waals surface area contributed by atoms with Gasteiger partial charge in [0.15, 0.2) is 0 Å². The van der Waals surface area contributed by atoms with Crippen molar-refractivity contribution in [1.82, 2.24) is 0 Å². The summed E-state index contributed by atoms with van der Waals surface area (Å²) < 4.78 is 32.8. The first-order chi connectivity index (χ1) is 14.3. The van der Waals surface area contributed by atoms with Crippen LogP contribution < -0.4 is 9.47 Å². The summed E-state index contributed by atoms with van der Waals surface area (Å²) in [6, 6.07) is 4.73. The third-order valence-corrected chi connectivity index (χ3v) is 5.89. The van der Waals surface area contributed by atoms with E-state index < -0.39 is 29.9 Å². The van der Waals surface area contributed by atoms with Crippen molar-refractivity contribution in [2.75, 3.05) is 28.4 Å². The van der Waals surface area contributed by atoms with Gasteiger partial charge in [-0.1, -0.05) is 20.3 Å². The maximum atomic E-state index is 12.9. The highest BCUT2D eigenvalue weighted by molar-refractivity contribution is 5.94. The van der Waals surface area contributed by atoms with Crippen molar-refractivity contribution in [3.05, 3.63) is 23.8 Å². The molecular formula is C22H32O8. The molecule has 1 aliphatic rings. The van der Waals surface area contributed by atoms with Crippen molar-refractivity contribution in [3.63, 3.8) is 0 Å². The first-order valence-corrected chi connectivity index (χ1v) is 9.98. The zero-order chi connectivity index (χ0) is 22.5. The van der Waals surface area contributed by atoms with Gasteiger partial charge in [0.1, 0.15) is 22.7 Å². The predicted octanol–water partition coefficient (Wildman–Crippen LogP) is 3.22. The molecular weight excluding hydrogens is 392 g/mol. The van der Waals surface area contributed by atoms with Crippen LogP contribution in [-0.2, 0) is 23.7 Å². The highest BCUT2D eigenvalue weighted by Gasteiger charge is 2.54. The molecule has 0 saturated carbocycles. The average Bonchev–Trinajstić information content (AvgIpc) is 2.83. The van der Waals surface area contributed by atoms with Crippen LogP contribution in [0, 0.1) is 11.8 Å². The van der Waals surface area contributed by atoms with Crippen molar-refractivity contribution >= 4 is 11.9 Å². The first-order valence-electron chi connectivity index (χ1n) is 9.98. The minimum absolute atomic E-state index is 0.153. The maximum Gasteiger partial charge on any atom is 0.350 e. The molecule has 8 nitrogen and oxygen atoms in total. The fourth-order valence-corrected chi connectivity index (χ4v) is 4.10. The molecule has 0 spiro atoms. The second kappa shape index (κ2) is 10.1. The molecule has 0 unspecified atom stereocenters. The molecule has 1 aliphatic heterocycles. The topological polar surface area (TPSA) is 89.5 Å². The van der Waals surface area contributed by atoms with Gasteiger partial charge >= 0.3 is 11.9 Å². The van der Waals surface area contributed by atoms with E-state index in [0.29, 0.717) is 5.75 Å². The van der Waals surface area contributed by atoms with E-state index in [1.54, 1.807) is 19.2 Å². The molecule has 8 heteroatoms. The lowest BCUT2D eigenvalue weighted by atomic mass is 9.75. The van der Waals surface area contributed by atoms with Gasteiger partial charge in [-0.3, -0.25) is 0 Å². The maximum absolute atomic E-state index is 12.9. The minimum Gasteiger partial charge on any atom is -0.497 e. The van der Waals surface area contributed by atoms with Gasteiger partial charge < -0.3 is 28.4 Å². The Kier molecular flexibility index (Phi) is 8.09. The first kappa shape index (κ1) is 24.0. The fourth-order valence-electron chi connectivity index (χ4n) is 4.10. The number of ether oxygens (including phenoxy) is 6. The summed E-state index contributed by atoms with van der Waals surface area (Å²) in [5.41, 5.74) is -0.703. The summed E-state index contributed by atoms with van der Waals surface area (Å²) in [4.78, 5) is 25.8. The molecule has 1 aromatic carbocycles. The third-order valence-electron chi connectivity index (χ3n) is 5.89. The second-order valence-corrected chi connectivity index (χ2v) is 7.54. The molecule has 0 radical (unpaired) electrons. The van der Waals surface area contributed by atoms with Crippen molar-refractivity contribution < 1.29 is 38.0 Å². The number of methoxy groups -OCH3 is 4. The Morgan fingerprint density at radius 2 is 1.87 bits per heavy atom. The Labute approximate surface area is 177 Å². The molecule has 0 amide bonds. The number of benzene rings is 1. The summed E-state index contributed by atoms with van der Waals surface area (Å²) in [5, 5.41) is 0. The second-order valence-electron chi connectivity index (χ2n) is 7.54. The molecule has 1 aromatic rings. The summed E-state index contributed by atoms with van der Waals surface area (Å²) in [6.45, 7) is 5.75. The van der Waals surface area contributed by atoms with Gasteiger partial charge in [-0.2, -0.15) is 0 Å². The van der Waals surface area contributed by atoms with E-state index in [9.17, 15) is 9.59 Å². The Bertz CT molecular complexity index is 749. The molecule has 1 heterocycles. The Hall–Kier alpha value is -2.32. The monoisotopic (exact) mass is 424 g/mol. The van der Waals surface area contributed by atoms with Crippen molar-refractivity contribution in [2.24, 2.45) is 11.8 Å². The fraction of sp³-hybridized carbons (Fsp3) is 0.636. The number of hydrogen-bond acceptors (Lipinski definition) is 8. The molecule has 0 bridgehead atoms. The average molecular weight is 424 g/mol. The lowest BCUT2D eigenvalue weighted by Gasteiger charge is -2.41. The predicted molar refractivity (Wildman–Crippen MR) is 109 cm³/mol. The molecule has 1 saturated heterocycles. The van der Waals surface area contributed by atoms with E-state index in [4.69, 9.17) is 28.4 Å². The zero-order valence-corrected chi connectivity index (χ0v) is 18.7. The normalized spacial score (nSPS) is 29.0.